The Hall–Kier alpha value is -2.09. The second-order valence-electron chi connectivity index (χ2n) is 5.22. The van der Waals surface area contributed by atoms with Gasteiger partial charge in [-0.3, -0.25) is 0 Å². The Morgan fingerprint density at radius 3 is 2.65 bits per heavy atom. The van der Waals surface area contributed by atoms with Crippen molar-refractivity contribution in [2.75, 3.05) is 0 Å². The lowest BCUT2D eigenvalue weighted by Gasteiger charge is -2.10. The molecule has 0 radical (unpaired) electrons. The van der Waals surface area contributed by atoms with Gasteiger partial charge >= 0.3 is 0 Å². The number of nitrogens with one attached hydrogen (secondary N) is 1. The van der Waals surface area contributed by atoms with Gasteiger partial charge in [-0.05, 0) is 48.1 Å². The molecular formula is C18H20N2. The van der Waals surface area contributed by atoms with Crippen molar-refractivity contribution in [2.24, 2.45) is 0 Å². The number of aromatic amines is 1. The highest BCUT2D eigenvalue weighted by atomic mass is 14.9. The minimum Gasteiger partial charge on any atom is -0.342 e. The molecule has 3 aromatic rings. The third-order valence-electron chi connectivity index (χ3n) is 3.88. The van der Waals surface area contributed by atoms with E-state index in [1.165, 1.54) is 22.3 Å². The van der Waals surface area contributed by atoms with Crippen molar-refractivity contribution in [3.05, 3.63) is 53.3 Å². The number of aromatic nitrogens is 2. The Labute approximate surface area is 119 Å². The first-order valence-corrected chi connectivity index (χ1v) is 7.30. The van der Waals surface area contributed by atoms with Gasteiger partial charge in [-0.25, -0.2) is 4.98 Å². The first kappa shape index (κ1) is 12.9. The molecule has 20 heavy (non-hydrogen) atoms. The molecule has 0 aliphatic heterocycles. The maximum atomic E-state index is 4.66. The second-order valence-corrected chi connectivity index (χ2v) is 5.22. The van der Waals surface area contributed by atoms with E-state index in [0.717, 1.165) is 29.7 Å². The molecule has 1 heterocycles. The van der Waals surface area contributed by atoms with Crippen LogP contribution in [-0.4, -0.2) is 9.97 Å². The van der Waals surface area contributed by atoms with Crippen molar-refractivity contribution in [3.8, 4) is 11.1 Å². The van der Waals surface area contributed by atoms with Gasteiger partial charge in [0.05, 0.1) is 11.0 Å². The van der Waals surface area contributed by atoms with Crippen molar-refractivity contribution >= 4 is 11.0 Å². The van der Waals surface area contributed by atoms with E-state index in [4.69, 9.17) is 0 Å². The van der Waals surface area contributed by atoms with Crippen LogP contribution in [0.15, 0.2) is 36.4 Å². The molecule has 1 N–H and O–H groups in total. The molecule has 102 valence electrons. The van der Waals surface area contributed by atoms with Crippen molar-refractivity contribution < 1.29 is 0 Å². The molecule has 1 aromatic heterocycles. The lowest BCUT2D eigenvalue weighted by molar-refractivity contribution is 1.13. The van der Waals surface area contributed by atoms with Gasteiger partial charge in [-0.2, -0.15) is 0 Å². The molecule has 2 heteroatoms. The maximum Gasteiger partial charge on any atom is 0.104 e. The molecule has 0 saturated carbocycles. The van der Waals surface area contributed by atoms with E-state index in [1.54, 1.807) is 0 Å². The number of hydrogen-bond acceptors (Lipinski definition) is 1. The van der Waals surface area contributed by atoms with E-state index >= 15 is 0 Å². The molecule has 3 rings (SSSR count). The Morgan fingerprint density at radius 1 is 1.05 bits per heavy atom. The summed E-state index contributed by atoms with van der Waals surface area (Å²) in [6.45, 7) is 6.41. The summed E-state index contributed by atoms with van der Waals surface area (Å²) in [5.41, 5.74) is 7.56. The van der Waals surface area contributed by atoms with Crippen molar-refractivity contribution in [1.82, 2.24) is 9.97 Å². The molecule has 2 nitrogen and oxygen atoms in total. The van der Waals surface area contributed by atoms with Crippen LogP contribution in [0.5, 0.6) is 0 Å². The molecule has 0 fully saturated rings. The van der Waals surface area contributed by atoms with E-state index in [-0.39, 0.29) is 0 Å². The summed E-state index contributed by atoms with van der Waals surface area (Å²) in [5, 5.41) is 0. The number of hydrogen-bond donors (Lipinski definition) is 1. The zero-order chi connectivity index (χ0) is 14.1. The van der Waals surface area contributed by atoms with Crippen molar-refractivity contribution in [3.63, 3.8) is 0 Å². The zero-order valence-corrected chi connectivity index (χ0v) is 12.3. The largest absolute Gasteiger partial charge is 0.342 e. The van der Waals surface area contributed by atoms with E-state index in [0.29, 0.717) is 0 Å². The summed E-state index contributed by atoms with van der Waals surface area (Å²) in [6.07, 6.45) is 2.06. The molecule has 2 aromatic carbocycles. The van der Waals surface area contributed by atoms with Crippen LogP contribution in [0.3, 0.4) is 0 Å². The highest BCUT2D eigenvalue weighted by Gasteiger charge is 2.11. The lowest BCUT2D eigenvalue weighted by atomic mass is 9.95. The zero-order valence-electron chi connectivity index (χ0n) is 12.3. The molecule has 0 atom stereocenters. The SMILES string of the molecule is CCc1cccc(-c2ccc3[nH]c(C)nc3c2CC)c1. The quantitative estimate of drug-likeness (QED) is 0.732. The maximum absolute atomic E-state index is 4.66. The summed E-state index contributed by atoms with van der Waals surface area (Å²) >= 11 is 0. The predicted octanol–water partition coefficient (Wildman–Crippen LogP) is 4.66. The van der Waals surface area contributed by atoms with E-state index in [1.807, 2.05) is 6.92 Å². The number of fused-ring (bicyclic) bond motifs is 1. The Bertz CT molecular complexity index is 753. The van der Waals surface area contributed by atoms with Gasteiger partial charge in [0.2, 0.25) is 0 Å². The first-order chi connectivity index (χ1) is 9.72. The molecule has 0 unspecified atom stereocenters. The summed E-state index contributed by atoms with van der Waals surface area (Å²) in [4.78, 5) is 7.98. The Morgan fingerprint density at radius 2 is 1.90 bits per heavy atom. The smallest absolute Gasteiger partial charge is 0.104 e. The molecule has 0 saturated heterocycles. The van der Waals surface area contributed by atoms with E-state index < -0.39 is 0 Å². The van der Waals surface area contributed by atoms with Crippen LogP contribution < -0.4 is 0 Å². The number of rotatable bonds is 3. The summed E-state index contributed by atoms with van der Waals surface area (Å²) in [5.74, 6) is 0.981. The number of H-pyrrole nitrogens is 1. The fraction of sp³-hybridized carbons (Fsp3) is 0.278. The van der Waals surface area contributed by atoms with Crippen LogP contribution in [-0.2, 0) is 12.8 Å². The number of aryl methyl sites for hydroxylation is 3. The molecule has 0 aliphatic carbocycles. The normalized spacial score (nSPS) is 11.2. The standard InChI is InChI=1S/C18H20N2/c1-4-13-7-6-8-14(11-13)16-9-10-17-18(15(16)5-2)20-12(3)19-17/h6-11H,4-5H2,1-3H3,(H,19,20). The third-order valence-corrected chi connectivity index (χ3v) is 3.88. The van der Waals surface area contributed by atoms with Crippen LogP contribution in [0.25, 0.3) is 22.2 Å². The molecule has 0 spiro atoms. The van der Waals surface area contributed by atoms with Crippen LogP contribution in [0.2, 0.25) is 0 Å². The van der Waals surface area contributed by atoms with Gasteiger partial charge in [0.1, 0.15) is 5.82 Å². The number of imidazole rings is 1. The van der Waals surface area contributed by atoms with E-state index in [9.17, 15) is 0 Å². The average Bonchev–Trinajstić information content (AvgIpc) is 2.86. The second kappa shape index (κ2) is 5.12. The summed E-state index contributed by atoms with van der Waals surface area (Å²) in [6, 6.07) is 13.2. The van der Waals surface area contributed by atoms with Gasteiger partial charge in [-0.1, -0.05) is 44.2 Å². The lowest BCUT2D eigenvalue weighted by Crippen LogP contribution is -1.91. The minimum absolute atomic E-state index is 0.981. The third kappa shape index (κ3) is 2.11. The van der Waals surface area contributed by atoms with Gasteiger partial charge in [0, 0.05) is 0 Å². The Kier molecular flexibility index (Phi) is 3.31. The van der Waals surface area contributed by atoms with Crippen LogP contribution in [0, 0.1) is 6.92 Å². The van der Waals surface area contributed by atoms with Crippen LogP contribution in [0.1, 0.15) is 30.8 Å². The molecule has 0 aliphatic rings. The molecule has 0 bridgehead atoms. The highest BCUT2D eigenvalue weighted by molar-refractivity contribution is 5.87. The van der Waals surface area contributed by atoms with Gasteiger partial charge in [0.25, 0.3) is 0 Å². The highest BCUT2D eigenvalue weighted by Crippen LogP contribution is 2.30. The monoisotopic (exact) mass is 264 g/mol. The molecular weight excluding hydrogens is 244 g/mol. The summed E-state index contributed by atoms with van der Waals surface area (Å²) < 4.78 is 0. The van der Waals surface area contributed by atoms with Crippen LogP contribution in [0.4, 0.5) is 0 Å². The number of benzene rings is 2. The van der Waals surface area contributed by atoms with Gasteiger partial charge in [0.15, 0.2) is 0 Å². The van der Waals surface area contributed by atoms with Gasteiger partial charge in [-0.15, -0.1) is 0 Å². The minimum atomic E-state index is 0.981. The first-order valence-electron chi connectivity index (χ1n) is 7.30. The van der Waals surface area contributed by atoms with Crippen molar-refractivity contribution in [2.45, 2.75) is 33.6 Å². The molecule has 0 amide bonds. The fourth-order valence-corrected chi connectivity index (χ4v) is 2.84. The predicted molar refractivity (Wildman–Crippen MR) is 85.0 cm³/mol. The van der Waals surface area contributed by atoms with Gasteiger partial charge < -0.3 is 4.98 Å². The Balaban J connectivity index is 2.24. The van der Waals surface area contributed by atoms with Crippen molar-refractivity contribution in [1.29, 1.82) is 0 Å². The average molecular weight is 264 g/mol. The number of nitrogens with zero attached hydrogens (tertiary/aromatic N) is 1. The fourth-order valence-electron chi connectivity index (χ4n) is 2.84. The van der Waals surface area contributed by atoms with E-state index in [2.05, 4.69) is 60.2 Å². The van der Waals surface area contributed by atoms with Crippen LogP contribution >= 0.6 is 0 Å². The topological polar surface area (TPSA) is 28.7 Å². The summed E-state index contributed by atoms with van der Waals surface area (Å²) in [7, 11) is 0.